The van der Waals surface area contributed by atoms with E-state index >= 15 is 0 Å². The Kier molecular flexibility index (Phi) is 7.20. The second-order valence-electron chi connectivity index (χ2n) is 5.93. The third-order valence-corrected chi connectivity index (χ3v) is 6.35. The summed E-state index contributed by atoms with van der Waals surface area (Å²) in [6.45, 7) is 6.21. The van der Waals surface area contributed by atoms with Gasteiger partial charge < -0.3 is 10.1 Å². The summed E-state index contributed by atoms with van der Waals surface area (Å²) in [5, 5.41) is 5.97. The molecule has 1 unspecified atom stereocenters. The lowest BCUT2D eigenvalue weighted by Crippen LogP contribution is -2.46. The quantitative estimate of drug-likeness (QED) is 0.620. The first kappa shape index (κ1) is 17.5. The zero-order valence-corrected chi connectivity index (χ0v) is 15.7. The number of halogens is 1. The molecule has 0 saturated heterocycles. The van der Waals surface area contributed by atoms with Crippen LogP contribution in [-0.4, -0.2) is 18.8 Å². The molecule has 1 fully saturated rings. The van der Waals surface area contributed by atoms with Gasteiger partial charge in [0.15, 0.2) is 0 Å². The van der Waals surface area contributed by atoms with Crippen molar-refractivity contribution < 1.29 is 4.74 Å². The molecule has 0 aliphatic heterocycles. The summed E-state index contributed by atoms with van der Waals surface area (Å²) < 4.78 is 7.64. The molecule has 1 aliphatic carbocycles. The average Bonchev–Trinajstić information content (AvgIpc) is 2.75. The van der Waals surface area contributed by atoms with Gasteiger partial charge in [-0.3, -0.25) is 0 Å². The van der Waals surface area contributed by atoms with E-state index in [1.54, 1.807) is 0 Å². The average molecular weight is 374 g/mol. The van der Waals surface area contributed by atoms with Crippen molar-refractivity contribution in [3.05, 3.63) is 20.8 Å². The maximum atomic E-state index is 6.41. The Balaban J connectivity index is 2.31. The van der Waals surface area contributed by atoms with Gasteiger partial charge in [-0.25, -0.2) is 0 Å². The van der Waals surface area contributed by atoms with Crippen LogP contribution in [0, 0.1) is 0 Å². The van der Waals surface area contributed by atoms with Crippen LogP contribution in [-0.2, 0) is 4.74 Å². The molecule has 0 radical (unpaired) electrons. The van der Waals surface area contributed by atoms with E-state index in [9.17, 15) is 0 Å². The monoisotopic (exact) mass is 373 g/mol. The van der Waals surface area contributed by atoms with Gasteiger partial charge in [-0.1, -0.05) is 32.6 Å². The van der Waals surface area contributed by atoms with E-state index in [2.05, 4.69) is 46.5 Å². The van der Waals surface area contributed by atoms with Gasteiger partial charge in [-0.15, -0.1) is 11.3 Å². The van der Waals surface area contributed by atoms with Crippen LogP contribution in [0.5, 0.6) is 0 Å². The maximum Gasteiger partial charge on any atom is 0.0884 e. The molecule has 0 aromatic carbocycles. The van der Waals surface area contributed by atoms with Gasteiger partial charge in [0.25, 0.3) is 0 Å². The van der Waals surface area contributed by atoms with Crippen molar-refractivity contribution in [2.24, 2.45) is 0 Å². The van der Waals surface area contributed by atoms with Gasteiger partial charge in [-0.2, -0.15) is 0 Å². The molecule has 2 nitrogen and oxygen atoms in total. The van der Waals surface area contributed by atoms with E-state index in [-0.39, 0.29) is 5.60 Å². The number of hydrogen-bond donors (Lipinski definition) is 1. The lowest BCUT2D eigenvalue weighted by molar-refractivity contribution is -0.0775. The molecule has 1 aliphatic rings. The van der Waals surface area contributed by atoms with Gasteiger partial charge >= 0.3 is 0 Å². The van der Waals surface area contributed by atoms with Gasteiger partial charge in [0.05, 0.1) is 11.6 Å². The van der Waals surface area contributed by atoms with Crippen LogP contribution in [0.25, 0.3) is 0 Å². The first-order valence-electron chi connectivity index (χ1n) is 8.33. The fourth-order valence-electron chi connectivity index (χ4n) is 3.45. The summed E-state index contributed by atoms with van der Waals surface area (Å²) in [6, 6.07) is 2.47. The molecule has 0 spiro atoms. The SMILES string of the molecule is CCCNC(c1sccc1Br)C1(OCC)CCCCCC1. The molecule has 120 valence electrons. The highest BCUT2D eigenvalue weighted by molar-refractivity contribution is 9.10. The predicted molar refractivity (Wildman–Crippen MR) is 95.1 cm³/mol. The Bertz CT molecular complexity index is 413. The molecule has 1 saturated carbocycles. The predicted octanol–water partition coefficient (Wildman–Crippen LogP) is 5.68. The Hall–Kier alpha value is 0.1000. The first-order chi connectivity index (χ1) is 10.2. The van der Waals surface area contributed by atoms with Crippen LogP contribution in [0.2, 0.25) is 0 Å². The fraction of sp³-hybridized carbons (Fsp3) is 0.765. The minimum atomic E-state index is -0.0339. The molecule has 4 heteroatoms. The molecule has 21 heavy (non-hydrogen) atoms. The van der Waals surface area contributed by atoms with Gasteiger partial charge in [0.2, 0.25) is 0 Å². The summed E-state index contributed by atoms with van der Waals surface area (Å²) in [4.78, 5) is 1.40. The van der Waals surface area contributed by atoms with Crippen molar-refractivity contribution in [3.8, 4) is 0 Å². The molecule has 0 bridgehead atoms. The topological polar surface area (TPSA) is 21.3 Å². The fourth-order valence-corrected chi connectivity index (χ4v) is 5.23. The molecule has 1 N–H and O–H groups in total. The second kappa shape index (κ2) is 8.66. The highest BCUT2D eigenvalue weighted by Crippen LogP contribution is 2.44. The number of ether oxygens (including phenoxy) is 1. The Morgan fingerprint density at radius 2 is 2.00 bits per heavy atom. The van der Waals surface area contributed by atoms with Crippen LogP contribution in [0.15, 0.2) is 15.9 Å². The molecular formula is C17H28BrNOS. The Labute approximate surface area is 141 Å². The molecular weight excluding hydrogens is 346 g/mol. The maximum absolute atomic E-state index is 6.41. The summed E-state index contributed by atoms with van der Waals surface area (Å²) >= 11 is 5.58. The number of thiophene rings is 1. The lowest BCUT2D eigenvalue weighted by atomic mass is 9.85. The summed E-state index contributed by atoms with van der Waals surface area (Å²) in [6.07, 6.45) is 8.77. The van der Waals surface area contributed by atoms with E-state index in [0.29, 0.717) is 6.04 Å². The summed E-state index contributed by atoms with van der Waals surface area (Å²) in [5.74, 6) is 0. The normalized spacial score (nSPS) is 20.1. The second-order valence-corrected chi connectivity index (χ2v) is 7.73. The standard InChI is InChI=1S/C17H28BrNOS/c1-3-12-19-16(15-14(18)9-13-21-15)17(20-4-2)10-7-5-6-8-11-17/h9,13,16,19H,3-8,10-12H2,1-2H3. The van der Waals surface area contributed by atoms with Gasteiger partial charge in [0.1, 0.15) is 0 Å². The largest absolute Gasteiger partial charge is 0.373 e. The Morgan fingerprint density at radius 1 is 1.29 bits per heavy atom. The summed E-state index contributed by atoms with van der Waals surface area (Å²) in [7, 11) is 0. The van der Waals surface area contributed by atoms with E-state index < -0.39 is 0 Å². The van der Waals surface area contributed by atoms with Crippen LogP contribution >= 0.6 is 27.3 Å². The lowest BCUT2D eigenvalue weighted by Gasteiger charge is -2.40. The highest BCUT2D eigenvalue weighted by Gasteiger charge is 2.41. The summed E-state index contributed by atoms with van der Waals surface area (Å²) in [5.41, 5.74) is -0.0339. The van der Waals surface area contributed by atoms with E-state index in [4.69, 9.17) is 4.74 Å². The number of hydrogen-bond acceptors (Lipinski definition) is 3. The third-order valence-electron chi connectivity index (χ3n) is 4.41. The minimum Gasteiger partial charge on any atom is -0.373 e. The van der Waals surface area contributed by atoms with E-state index in [1.807, 2.05) is 11.3 Å². The third kappa shape index (κ3) is 4.31. The van der Waals surface area contributed by atoms with Crippen molar-refractivity contribution in [3.63, 3.8) is 0 Å². The van der Waals surface area contributed by atoms with Gasteiger partial charge in [0, 0.05) is 16.0 Å². The van der Waals surface area contributed by atoms with Gasteiger partial charge in [-0.05, 0) is 60.1 Å². The van der Waals surface area contributed by atoms with E-state index in [0.717, 1.165) is 19.6 Å². The highest BCUT2D eigenvalue weighted by atomic mass is 79.9. The van der Waals surface area contributed by atoms with Crippen molar-refractivity contribution in [1.29, 1.82) is 0 Å². The van der Waals surface area contributed by atoms with Crippen LogP contribution in [0.4, 0.5) is 0 Å². The van der Waals surface area contributed by atoms with Crippen LogP contribution < -0.4 is 5.32 Å². The van der Waals surface area contributed by atoms with Crippen LogP contribution in [0.3, 0.4) is 0 Å². The molecule has 1 atom stereocenters. The minimum absolute atomic E-state index is 0.0339. The molecule has 1 aromatic heterocycles. The Morgan fingerprint density at radius 3 is 2.52 bits per heavy atom. The van der Waals surface area contributed by atoms with Crippen molar-refractivity contribution in [2.75, 3.05) is 13.2 Å². The zero-order chi connectivity index (χ0) is 15.1. The van der Waals surface area contributed by atoms with Crippen molar-refractivity contribution in [1.82, 2.24) is 5.32 Å². The molecule has 1 heterocycles. The molecule has 1 aromatic rings. The number of rotatable bonds is 7. The first-order valence-corrected chi connectivity index (χ1v) is 10.0. The van der Waals surface area contributed by atoms with Crippen molar-refractivity contribution >= 4 is 27.3 Å². The number of nitrogens with one attached hydrogen (secondary N) is 1. The van der Waals surface area contributed by atoms with Crippen LogP contribution in [0.1, 0.15) is 69.7 Å². The smallest absolute Gasteiger partial charge is 0.0884 e. The van der Waals surface area contributed by atoms with Crippen molar-refractivity contribution in [2.45, 2.75) is 70.4 Å². The van der Waals surface area contributed by atoms with E-state index in [1.165, 1.54) is 47.9 Å². The molecule has 2 rings (SSSR count). The molecule has 0 amide bonds. The zero-order valence-electron chi connectivity index (χ0n) is 13.3.